The highest BCUT2D eigenvalue weighted by molar-refractivity contribution is 8.03. The first-order valence-corrected chi connectivity index (χ1v) is 8.89. The van der Waals surface area contributed by atoms with E-state index >= 15 is 0 Å². The van der Waals surface area contributed by atoms with E-state index in [1.54, 1.807) is 0 Å². The van der Waals surface area contributed by atoms with Crippen molar-refractivity contribution in [2.24, 2.45) is 0 Å². The van der Waals surface area contributed by atoms with Crippen LogP contribution in [-0.2, 0) is 6.42 Å². The van der Waals surface area contributed by atoms with Crippen molar-refractivity contribution in [3.05, 3.63) is 29.6 Å². The van der Waals surface area contributed by atoms with Crippen molar-refractivity contribution in [1.29, 1.82) is 0 Å². The third-order valence-electron chi connectivity index (χ3n) is 2.99. The fourth-order valence-corrected chi connectivity index (χ4v) is 4.62. The van der Waals surface area contributed by atoms with E-state index < -0.39 is 0 Å². The summed E-state index contributed by atoms with van der Waals surface area (Å²) in [5.74, 6) is 5.10. The van der Waals surface area contributed by atoms with Crippen LogP contribution < -0.4 is 5.32 Å². The largest absolute Gasteiger partial charge is 0.309 e. The van der Waals surface area contributed by atoms with Crippen molar-refractivity contribution in [1.82, 2.24) is 10.3 Å². The number of nitrogens with zero attached hydrogens (tertiary/aromatic N) is 1. The van der Waals surface area contributed by atoms with Crippen LogP contribution in [0, 0.1) is 6.92 Å². The number of nitrogens with one attached hydrogen (secondary N) is 1. The van der Waals surface area contributed by atoms with Crippen LogP contribution >= 0.6 is 23.5 Å². The molecule has 4 heteroatoms. The van der Waals surface area contributed by atoms with Gasteiger partial charge in [0, 0.05) is 52.9 Å². The summed E-state index contributed by atoms with van der Waals surface area (Å²) in [6, 6.07) is 7.44. The van der Waals surface area contributed by atoms with Gasteiger partial charge in [-0.2, -0.15) is 23.5 Å². The van der Waals surface area contributed by atoms with Crippen LogP contribution in [0.2, 0.25) is 0 Å². The molecule has 0 aromatic carbocycles. The van der Waals surface area contributed by atoms with Crippen molar-refractivity contribution in [2.45, 2.75) is 32.4 Å². The highest BCUT2D eigenvalue weighted by Gasteiger charge is 2.15. The van der Waals surface area contributed by atoms with Crippen LogP contribution in [0.25, 0.3) is 0 Å². The van der Waals surface area contributed by atoms with Gasteiger partial charge in [0.15, 0.2) is 0 Å². The predicted molar refractivity (Wildman–Crippen MR) is 83.7 cm³/mol. The quantitative estimate of drug-likeness (QED) is 0.918. The Bertz CT molecular complexity index is 363. The smallest absolute Gasteiger partial charge is 0.0422 e. The number of rotatable bonds is 4. The highest BCUT2D eigenvalue weighted by Crippen LogP contribution is 2.17. The van der Waals surface area contributed by atoms with Crippen LogP contribution in [0.1, 0.15) is 18.3 Å². The fraction of sp³-hybridized carbons (Fsp3) is 0.643. The van der Waals surface area contributed by atoms with E-state index in [-0.39, 0.29) is 0 Å². The minimum Gasteiger partial charge on any atom is -0.309 e. The van der Waals surface area contributed by atoms with Crippen molar-refractivity contribution in [2.75, 3.05) is 23.0 Å². The molecule has 1 aromatic heterocycles. The molecule has 2 rings (SSSR count). The molecule has 1 aliphatic rings. The van der Waals surface area contributed by atoms with Crippen LogP contribution in [0.3, 0.4) is 0 Å². The molecule has 0 aliphatic carbocycles. The second-order valence-electron chi connectivity index (χ2n) is 4.89. The van der Waals surface area contributed by atoms with E-state index in [9.17, 15) is 0 Å². The Labute approximate surface area is 119 Å². The third-order valence-corrected chi connectivity index (χ3v) is 5.51. The van der Waals surface area contributed by atoms with Gasteiger partial charge in [0.2, 0.25) is 0 Å². The number of aromatic nitrogens is 1. The van der Waals surface area contributed by atoms with Gasteiger partial charge in [-0.15, -0.1) is 0 Å². The average molecular weight is 282 g/mol. The molecule has 100 valence electrons. The van der Waals surface area contributed by atoms with E-state index in [0.29, 0.717) is 12.1 Å². The Kier molecular flexibility index (Phi) is 5.86. The fourth-order valence-electron chi connectivity index (χ4n) is 2.20. The SMILES string of the molecule is Cc1cccc(CC(C)NC2CSCCSC2)n1. The summed E-state index contributed by atoms with van der Waals surface area (Å²) in [5, 5.41) is 3.75. The zero-order valence-corrected chi connectivity index (χ0v) is 12.8. The molecule has 0 bridgehead atoms. The monoisotopic (exact) mass is 282 g/mol. The summed E-state index contributed by atoms with van der Waals surface area (Å²) >= 11 is 4.15. The Morgan fingerprint density at radius 3 is 2.72 bits per heavy atom. The van der Waals surface area contributed by atoms with Gasteiger partial charge < -0.3 is 5.32 Å². The lowest BCUT2D eigenvalue weighted by Crippen LogP contribution is -2.40. The van der Waals surface area contributed by atoms with E-state index in [2.05, 4.69) is 65.9 Å². The van der Waals surface area contributed by atoms with Crippen LogP contribution in [-0.4, -0.2) is 40.1 Å². The Morgan fingerprint density at radius 1 is 1.33 bits per heavy atom. The Hall–Kier alpha value is -0.190. The summed E-state index contributed by atoms with van der Waals surface area (Å²) in [4.78, 5) is 4.57. The van der Waals surface area contributed by atoms with Gasteiger partial charge in [-0.3, -0.25) is 4.98 Å². The minimum absolute atomic E-state index is 0.503. The van der Waals surface area contributed by atoms with Crippen molar-refractivity contribution < 1.29 is 0 Å². The summed E-state index contributed by atoms with van der Waals surface area (Å²) < 4.78 is 0. The standard InChI is InChI=1S/C14H22N2S2/c1-11-4-3-5-13(15-11)8-12(2)16-14-9-17-6-7-18-10-14/h3-5,12,14,16H,6-10H2,1-2H3. The Morgan fingerprint density at radius 2 is 2.06 bits per heavy atom. The summed E-state index contributed by atoms with van der Waals surface area (Å²) in [6.07, 6.45) is 1.02. The second kappa shape index (κ2) is 7.41. The first-order chi connectivity index (χ1) is 8.74. The van der Waals surface area contributed by atoms with Gasteiger partial charge >= 0.3 is 0 Å². The topological polar surface area (TPSA) is 24.9 Å². The molecule has 1 saturated heterocycles. The molecule has 1 aromatic rings. The number of thioether (sulfide) groups is 2. The van der Waals surface area contributed by atoms with E-state index in [0.717, 1.165) is 12.1 Å². The van der Waals surface area contributed by atoms with Crippen molar-refractivity contribution in [3.63, 3.8) is 0 Å². The molecule has 1 N–H and O–H groups in total. The van der Waals surface area contributed by atoms with Crippen LogP contribution in [0.15, 0.2) is 18.2 Å². The molecule has 18 heavy (non-hydrogen) atoms. The van der Waals surface area contributed by atoms with Gasteiger partial charge in [-0.25, -0.2) is 0 Å². The van der Waals surface area contributed by atoms with Crippen molar-refractivity contribution in [3.8, 4) is 0 Å². The molecule has 1 unspecified atom stereocenters. The zero-order chi connectivity index (χ0) is 12.8. The third kappa shape index (κ3) is 4.82. The lowest BCUT2D eigenvalue weighted by atomic mass is 10.1. The van der Waals surface area contributed by atoms with Gasteiger partial charge in [0.1, 0.15) is 0 Å². The summed E-state index contributed by atoms with van der Waals surface area (Å²) in [6.45, 7) is 4.32. The molecule has 1 aliphatic heterocycles. The predicted octanol–water partition coefficient (Wildman–Crippen LogP) is 2.76. The summed E-state index contributed by atoms with van der Waals surface area (Å²) in [5.41, 5.74) is 2.31. The normalized spacial score (nSPS) is 19.4. The maximum atomic E-state index is 4.57. The maximum absolute atomic E-state index is 4.57. The molecule has 0 spiro atoms. The van der Waals surface area contributed by atoms with E-state index in [4.69, 9.17) is 0 Å². The lowest BCUT2D eigenvalue weighted by molar-refractivity contribution is 0.493. The van der Waals surface area contributed by atoms with Gasteiger partial charge in [0.25, 0.3) is 0 Å². The number of hydrogen-bond acceptors (Lipinski definition) is 4. The molecular weight excluding hydrogens is 260 g/mol. The molecule has 1 fully saturated rings. The molecule has 1 atom stereocenters. The van der Waals surface area contributed by atoms with Gasteiger partial charge in [0.05, 0.1) is 0 Å². The number of pyridine rings is 1. The lowest BCUT2D eigenvalue weighted by Gasteiger charge is -2.21. The number of hydrogen-bond donors (Lipinski definition) is 1. The summed E-state index contributed by atoms with van der Waals surface area (Å²) in [7, 11) is 0. The molecule has 0 radical (unpaired) electrons. The Balaban J connectivity index is 1.82. The van der Waals surface area contributed by atoms with Crippen LogP contribution in [0.4, 0.5) is 0 Å². The maximum Gasteiger partial charge on any atom is 0.0422 e. The molecular formula is C14H22N2S2. The first-order valence-electron chi connectivity index (χ1n) is 6.58. The molecule has 2 heterocycles. The van der Waals surface area contributed by atoms with E-state index in [1.807, 2.05) is 0 Å². The highest BCUT2D eigenvalue weighted by atomic mass is 32.2. The zero-order valence-electron chi connectivity index (χ0n) is 11.2. The van der Waals surface area contributed by atoms with Gasteiger partial charge in [-0.1, -0.05) is 6.07 Å². The molecule has 0 amide bonds. The van der Waals surface area contributed by atoms with Crippen molar-refractivity contribution >= 4 is 23.5 Å². The number of aryl methyl sites for hydroxylation is 1. The first kappa shape index (κ1) is 14.2. The minimum atomic E-state index is 0.503. The van der Waals surface area contributed by atoms with E-state index in [1.165, 1.54) is 28.7 Å². The second-order valence-corrected chi connectivity index (χ2v) is 7.19. The van der Waals surface area contributed by atoms with Crippen LogP contribution in [0.5, 0.6) is 0 Å². The molecule has 2 nitrogen and oxygen atoms in total. The van der Waals surface area contributed by atoms with Gasteiger partial charge in [-0.05, 0) is 26.0 Å². The average Bonchev–Trinajstić information content (AvgIpc) is 2.57. The molecule has 0 saturated carbocycles.